The van der Waals surface area contributed by atoms with Crippen molar-refractivity contribution in [1.82, 2.24) is 30.9 Å². The van der Waals surface area contributed by atoms with E-state index in [4.69, 9.17) is 12.2 Å². The Labute approximate surface area is 183 Å². The van der Waals surface area contributed by atoms with Gasteiger partial charge in [-0.1, -0.05) is 48.5 Å². The number of fused-ring (bicyclic) bond motifs is 1. The van der Waals surface area contributed by atoms with Crippen LogP contribution in [-0.4, -0.2) is 31.7 Å². The number of aromatic nitrogens is 3. The highest BCUT2D eigenvalue weighted by Gasteiger charge is 2.15. The lowest BCUT2D eigenvalue weighted by Crippen LogP contribution is -2.48. The topological polar surface area (TPSA) is 101 Å². The minimum atomic E-state index is -0.438. The number of carbonyl (C=O) groups excluding carboxylic acids is 2. The van der Waals surface area contributed by atoms with Crippen molar-refractivity contribution in [1.29, 1.82) is 0 Å². The molecule has 31 heavy (non-hydrogen) atoms. The normalized spacial score (nSPS) is 10.5. The van der Waals surface area contributed by atoms with Crippen molar-refractivity contribution in [3.8, 4) is 11.3 Å². The molecule has 0 bridgehead atoms. The summed E-state index contributed by atoms with van der Waals surface area (Å²) in [5, 5.41) is 7.10. The Balaban J connectivity index is 1.53. The second kappa shape index (κ2) is 8.72. The van der Waals surface area contributed by atoms with E-state index in [9.17, 15) is 9.59 Å². The van der Waals surface area contributed by atoms with E-state index >= 15 is 0 Å². The second-order valence-electron chi connectivity index (χ2n) is 6.64. The van der Waals surface area contributed by atoms with E-state index < -0.39 is 11.8 Å². The third-order valence-corrected chi connectivity index (χ3v) is 4.80. The molecular weight excluding hydrogens is 412 g/mol. The van der Waals surface area contributed by atoms with Crippen LogP contribution in [0.5, 0.6) is 0 Å². The van der Waals surface area contributed by atoms with Crippen molar-refractivity contribution >= 4 is 40.0 Å². The van der Waals surface area contributed by atoms with Crippen LogP contribution >= 0.6 is 12.2 Å². The minimum Gasteiger partial charge on any atom is -0.296 e. The third-order valence-electron chi connectivity index (χ3n) is 4.60. The summed E-state index contributed by atoms with van der Waals surface area (Å²) in [6.07, 6.45) is 1.51. The van der Waals surface area contributed by atoms with Crippen LogP contribution < -0.4 is 16.2 Å². The number of rotatable bonds is 3. The number of amides is 2. The van der Waals surface area contributed by atoms with Crippen LogP contribution in [0, 0.1) is 0 Å². The highest BCUT2D eigenvalue weighted by atomic mass is 32.1. The van der Waals surface area contributed by atoms with Gasteiger partial charge in [0.05, 0.1) is 16.8 Å². The Kier molecular flexibility index (Phi) is 5.67. The molecule has 2 aromatic heterocycles. The highest BCUT2D eigenvalue weighted by molar-refractivity contribution is 7.80. The van der Waals surface area contributed by atoms with Gasteiger partial charge in [-0.3, -0.25) is 30.4 Å². The summed E-state index contributed by atoms with van der Waals surface area (Å²) in [6.45, 7) is 0. The first-order valence-corrected chi connectivity index (χ1v) is 9.78. The van der Waals surface area contributed by atoms with E-state index in [-0.39, 0.29) is 5.11 Å². The summed E-state index contributed by atoms with van der Waals surface area (Å²) in [4.78, 5) is 29.8. The monoisotopic (exact) mass is 430 g/mol. The van der Waals surface area contributed by atoms with Gasteiger partial charge in [0.2, 0.25) is 0 Å². The van der Waals surface area contributed by atoms with E-state index in [2.05, 4.69) is 26.3 Å². The van der Waals surface area contributed by atoms with Crippen LogP contribution in [-0.2, 0) is 7.05 Å². The predicted octanol–water partition coefficient (Wildman–Crippen LogP) is 2.58. The van der Waals surface area contributed by atoms with Crippen molar-refractivity contribution in [2.45, 2.75) is 0 Å². The molecule has 8 nitrogen and oxygen atoms in total. The Bertz CT molecular complexity index is 1290. The molecule has 4 aromatic rings. The van der Waals surface area contributed by atoms with Crippen molar-refractivity contribution < 1.29 is 9.59 Å². The van der Waals surface area contributed by atoms with Gasteiger partial charge >= 0.3 is 0 Å². The van der Waals surface area contributed by atoms with Crippen LogP contribution in [0.1, 0.15) is 20.8 Å². The smallest absolute Gasteiger partial charge is 0.275 e. The third kappa shape index (κ3) is 4.41. The Morgan fingerprint density at radius 3 is 2.42 bits per heavy atom. The van der Waals surface area contributed by atoms with Crippen molar-refractivity contribution in [2.24, 2.45) is 7.05 Å². The lowest BCUT2D eigenvalue weighted by Gasteiger charge is -2.13. The molecule has 0 saturated carbocycles. The molecule has 2 aromatic carbocycles. The quantitative estimate of drug-likeness (QED) is 0.341. The zero-order valence-corrected chi connectivity index (χ0v) is 17.3. The maximum Gasteiger partial charge on any atom is 0.275 e. The van der Waals surface area contributed by atoms with E-state index in [1.54, 1.807) is 19.2 Å². The molecule has 3 N–H and O–H groups in total. The fourth-order valence-electron chi connectivity index (χ4n) is 3.10. The summed E-state index contributed by atoms with van der Waals surface area (Å²) in [7, 11) is 1.64. The van der Waals surface area contributed by atoms with E-state index in [0.29, 0.717) is 27.9 Å². The minimum absolute atomic E-state index is 0.0406. The number of hydrogen-bond acceptors (Lipinski definition) is 5. The molecule has 0 atom stereocenters. The summed E-state index contributed by atoms with van der Waals surface area (Å²) in [6, 6.07) is 20.3. The molecule has 0 aliphatic heterocycles. The highest BCUT2D eigenvalue weighted by Crippen LogP contribution is 2.24. The number of hydrogen-bond donors (Lipinski definition) is 3. The zero-order valence-electron chi connectivity index (χ0n) is 16.5. The molecule has 9 heteroatoms. The van der Waals surface area contributed by atoms with Gasteiger partial charge in [0, 0.05) is 24.2 Å². The average molecular weight is 430 g/mol. The number of carbonyl (C=O) groups is 2. The number of para-hydroxylation sites is 1. The molecule has 2 heterocycles. The fraction of sp³-hybridized carbons (Fsp3) is 0.0455. The first kappa shape index (κ1) is 20.2. The van der Waals surface area contributed by atoms with Gasteiger partial charge in [-0.25, -0.2) is 4.98 Å². The number of nitrogens with zero attached hydrogens (tertiary/aromatic N) is 3. The molecule has 0 radical (unpaired) electrons. The van der Waals surface area contributed by atoms with Gasteiger partial charge in [0.25, 0.3) is 11.8 Å². The van der Waals surface area contributed by atoms with Crippen LogP contribution in [0.25, 0.3) is 22.2 Å². The van der Waals surface area contributed by atoms with Gasteiger partial charge in [-0.15, -0.1) is 0 Å². The van der Waals surface area contributed by atoms with Crippen molar-refractivity contribution in [3.63, 3.8) is 0 Å². The first-order chi connectivity index (χ1) is 15.0. The van der Waals surface area contributed by atoms with Crippen LogP contribution in [0.15, 0.2) is 72.9 Å². The van der Waals surface area contributed by atoms with Gasteiger partial charge in [-0.2, -0.15) is 5.10 Å². The molecular formula is C22H18N6O2S. The Morgan fingerprint density at radius 2 is 1.68 bits per heavy atom. The summed E-state index contributed by atoms with van der Waals surface area (Å²) in [5.74, 6) is -0.847. The molecule has 0 aliphatic carbocycles. The lowest BCUT2D eigenvalue weighted by atomic mass is 10.0. The molecule has 4 rings (SSSR count). The summed E-state index contributed by atoms with van der Waals surface area (Å²) >= 11 is 5.11. The van der Waals surface area contributed by atoms with Gasteiger partial charge in [-0.05, 0) is 30.4 Å². The number of nitrogens with one attached hydrogen (secondary N) is 3. The van der Waals surface area contributed by atoms with Crippen molar-refractivity contribution in [2.75, 3.05) is 0 Å². The fourth-order valence-corrected chi connectivity index (χ4v) is 3.24. The zero-order chi connectivity index (χ0) is 21.8. The summed E-state index contributed by atoms with van der Waals surface area (Å²) in [5.41, 5.74) is 8.14. The van der Waals surface area contributed by atoms with E-state index in [1.807, 2.05) is 54.6 Å². The number of benzene rings is 2. The first-order valence-electron chi connectivity index (χ1n) is 9.38. The van der Waals surface area contributed by atoms with Gasteiger partial charge < -0.3 is 0 Å². The van der Waals surface area contributed by atoms with Gasteiger partial charge in [0.15, 0.2) is 5.11 Å². The standard InChI is InChI=1S/C22H18N6O2S/c1-28-19(11-12-23-28)21(30)25-22(31)27-26-20(29)16-13-18(14-7-3-2-4-8-14)24-17-10-6-5-9-15(16)17/h2-13H,1H3,(H,26,29)(H2,25,27,30,31). The number of aryl methyl sites for hydroxylation is 1. The van der Waals surface area contributed by atoms with Crippen LogP contribution in [0.4, 0.5) is 0 Å². The van der Waals surface area contributed by atoms with E-state index in [1.165, 1.54) is 10.9 Å². The Morgan fingerprint density at radius 1 is 0.935 bits per heavy atom. The van der Waals surface area contributed by atoms with Crippen LogP contribution in [0.2, 0.25) is 0 Å². The Hall–Kier alpha value is -4.11. The molecule has 0 fully saturated rings. The maximum atomic E-state index is 12.9. The number of hydrazine groups is 1. The van der Waals surface area contributed by atoms with Crippen LogP contribution in [0.3, 0.4) is 0 Å². The summed E-state index contributed by atoms with van der Waals surface area (Å²) < 4.78 is 1.42. The molecule has 0 saturated heterocycles. The molecule has 0 aliphatic rings. The number of thiocarbonyl (C=S) groups is 1. The molecule has 2 amide bonds. The van der Waals surface area contributed by atoms with E-state index in [0.717, 1.165) is 5.56 Å². The maximum absolute atomic E-state index is 12.9. The predicted molar refractivity (Wildman–Crippen MR) is 121 cm³/mol. The van der Waals surface area contributed by atoms with Crippen molar-refractivity contribution in [3.05, 3.63) is 84.2 Å². The molecule has 154 valence electrons. The number of pyridine rings is 1. The average Bonchev–Trinajstić information content (AvgIpc) is 3.23. The SMILES string of the molecule is Cn1nccc1C(=O)NC(=S)NNC(=O)c1cc(-c2ccccc2)nc2ccccc12. The molecule has 0 spiro atoms. The largest absolute Gasteiger partial charge is 0.296 e. The second-order valence-corrected chi connectivity index (χ2v) is 7.05. The van der Waals surface area contributed by atoms with Gasteiger partial charge in [0.1, 0.15) is 5.69 Å². The molecule has 0 unspecified atom stereocenters. The lowest BCUT2D eigenvalue weighted by molar-refractivity contribution is 0.0934.